The van der Waals surface area contributed by atoms with E-state index in [1.165, 1.54) is 44.9 Å². The van der Waals surface area contributed by atoms with Crippen LogP contribution >= 0.6 is 0 Å². The third kappa shape index (κ3) is 2.40. The summed E-state index contributed by atoms with van der Waals surface area (Å²) in [5, 5.41) is 3.71. The molecule has 3 rings (SSSR count). The highest BCUT2D eigenvalue weighted by atomic mass is 16.1. The standard InChI is InChI=1S/C15H27N3O/c16-14(19)15(17-12-6-2-1-3-7-12)9-11-18-10-5-4-8-13(15)18/h12-13,17H,1-11H2,(H2,16,19). The number of hydrogen-bond acceptors (Lipinski definition) is 3. The Hall–Kier alpha value is -0.610. The number of nitrogens with zero attached hydrogens (tertiary/aromatic N) is 1. The summed E-state index contributed by atoms with van der Waals surface area (Å²) in [6.45, 7) is 2.18. The van der Waals surface area contributed by atoms with Gasteiger partial charge in [0.2, 0.25) is 5.91 Å². The Labute approximate surface area is 116 Å². The quantitative estimate of drug-likeness (QED) is 0.811. The van der Waals surface area contributed by atoms with Gasteiger partial charge in [-0.2, -0.15) is 0 Å². The number of nitrogens with one attached hydrogen (secondary N) is 1. The van der Waals surface area contributed by atoms with Crippen LogP contribution in [0.2, 0.25) is 0 Å². The van der Waals surface area contributed by atoms with E-state index in [1.54, 1.807) is 0 Å². The first-order valence-electron chi connectivity index (χ1n) is 8.04. The van der Waals surface area contributed by atoms with E-state index in [0.717, 1.165) is 25.9 Å². The third-order valence-electron chi connectivity index (χ3n) is 5.48. The molecule has 3 N–H and O–H groups in total. The zero-order valence-corrected chi connectivity index (χ0v) is 11.9. The van der Waals surface area contributed by atoms with Crippen LogP contribution in [0.25, 0.3) is 0 Å². The molecule has 0 aromatic heterocycles. The van der Waals surface area contributed by atoms with Gasteiger partial charge in [-0.05, 0) is 38.6 Å². The van der Waals surface area contributed by atoms with Crippen molar-refractivity contribution in [3.05, 3.63) is 0 Å². The van der Waals surface area contributed by atoms with Crippen molar-refractivity contribution in [3.63, 3.8) is 0 Å². The lowest BCUT2D eigenvalue weighted by atomic mass is 9.82. The molecular weight excluding hydrogens is 238 g/mol. The molecule has 0 radical (unpaired) electrons. The van der Waals surface area contributed by atoms with Crippen molar-refractivity contribution < 1.29 is 4.79 Å². The highest BCUT2D eigenvalue weighted by Crippen LogP contribution is 2.36. The van der Waals surface area contributed by atoms with Crippen LogP contribution in [-0.2, 0) is 4.79 Å². The Morgan fingerprint density at radius 3 is 2.53 bits per heavy atom. The lowest BCUT2D eigenvalue weighted by Crippen LogP contribution is -2.65. The van der Waals surface area contributed by atoms with E-state index in [2.05, 4.69) is 10.2 Å². The van der Waals surface area contributed by atoms with Gasteiger partial charge < -0.3 is 5.73 Å². The van der Waals surface area contributed by atoms with Crippen molar-refractivity contribution >= 4 is 5.91 Å². The summed E-state index contributed by atoms with van der Waals surface area (Å²) in [6, 6.07) is 0.851. The molecule has 108 valence electrons. The zero-order chi connectivity index (χ0) is 13.3. The molecule has 2 unspecified atom stereocenters. The maximum absolute atomic E-state index is 12.2. The van der Waals surface area contributed by atoms with Gasteiger partial charge in [0.15, 0.2) is 0 Å². The van der Waals surface area contributed by atoms with Crippen molar-refractivity contribution in [1.29, 1.82) is 0 Å². The molecule has 4 heteroatoms. The fraction of sp³-hybridized carbons (Fsp3) is 0.933. The Balaban J connectivity index is 1.76. The maximum Gasteiger partial charge on any atom is 0.239 e. The normalized spacial score (nSPS) is 37.2. The number of fused-ring (bicyclic) bond motifs is 1. The number of carbonyl (C=O) groups is 1. The van der Waals surface area contributed by atoms with E-state index in [4.69, 9.17) is 5.73 Å². The van der Waals surface area contributed by atoms with Crippen LogP contribution in [0.15, 0.2) is 0 Å². The average Bonchev–Trinajstić information content (AvgIpc) is 2.81. The van der Waals surface area contributed by atoms with E-state index in [1.807, 2.05) is 0 Å². The SMILES string of the molecule is NC(=O)C1(NC2CCCCC2)CCN2CCCCC21. The zero-order valence-electron chi connectivity index (χ0n) is 11.9. The Kier molecular flexibility index (Phi) is 3.81. The fourth-order valence-electron chi connectivity index (χ4n) is 4.44. The van der Waals surface area contributed by atoms with Crippen molar-refractivity contribution in [1.82, 2.24) is 10.2 Å². The number of carbonyl (C=O) groups excluding carboxylic acids is 1. The van der Waals surface area contributed by atoms with Crippen LogP contribution in [0.3, 0.4) is 0 Å². The van der Waals surface area contributed by atoms with E-state index < -0.39 is 5.54 Å². The topological polar surface area (TPSA) is 58.4 Å². The second-order valence-electron chi connectivity index (χ2n) is 6.61. The highest BCUT2D eigenvalue weighted by molar-refractivity contribution is 5.86. The summed E-state index contributed by atoms with van der Waals surface area (Å²) < 4.78 is 0. The first-order valence-corrected chi connectivity index (χ1v) is 8.04. The number of nitrogens with two attached hydrogens (primary N) is 1. The van der Waals surface area contributed by atoms with E-state index in [9.17, 15) is 4.79 Å². The minimum absolute atomic E-state index is 0.118. The second kappa shape index (κ2) is 5.41. The van der Waals surface area contributed by atoms with Crippen LogP contribution in [0, 0.1) is 0 Å². The van der Waals surface area contributed by atoms with Crippen molar-refractivity contribution in [2.45, 2.75) is 75.4 Å². The van der Waals surface area contributed by atoms with Crippen molar-refractivity contribution in [2.75, 3.05) is 13.1 Å². The summed E-state index contributed by atoms with van der Waals surface area (Å²) >= 11 is 0. The molecule has 2 heterocycles. The smallest absolute Gasteiger partial charge is 0.239 e. The summed E-state index contributed by atoms with van der Waals surface area (Å²) in [7, 11) is 0. The van der Waals surface area contributed by atoms with Crippen LogP contribution in [0.5, 0.6) is 0 Å². The summed E-state index contributed by atoms with van der Waals surface area (Å²) in [4.78, 5) is 14.7. The monoisotopic (exact) mass is 265 g/mol. The number of hydrogen-bond donors (Lipinski definition) is 2. The van der Waals surface area contributed by atoms with E-state index in [0.29, 0.717) is 12.1 Å². The summed E-state index contributed by atoms with van der Waals surface area (Å²) in [6.07, 6.45) is 10.9. The van der Waals surface area contributed by atoms with Gasteiger partial charge in [-0.1, -0.05) is 25.7 Å². The third-order valence-corrected chi connectivity index (χ3v) is 5.48. The average molecular weight is 265 g/mol. The second-order valence-corrected chi connectivity index (χ2v) is 6.61. The Morgan fingerprint density at radius 1 is 1.05 bits per heavy atom. The molecule has 0 bridgehead atoms. The van der Waals surface area contributed by atoms with Gasteiger partial charge in [0.05, 0.1) is 0 Å². The lowest BCUT2D eigenvalue weighted by molar-refractivity contribution is -0.126. The summed E-state index contributed by atoms with van der Waals surface area (Å²) in [5.41, 5.74) is 5.39. The van der Waals surface area contributed by atoms with Gasteiger partial charge in [0.1, 0.15) is 5.54 Å². The molecule has 3 fully saturated rings. The Morgan fingerprint density at radius 2 is 1.79 bits per heavy atom. The van der Waals surface area contributed by atoms with Crippen LogP contribution in [-0.4, -0.2) is 41.5 Å². The Bertz CT molecular complexity index is 340. The van der Waals surface area contributed by atoms with Gasteiger partial charge in [-0.3, -0.25) is 15.0 Å². The molecule has 4 nitrogen and oxygen atoms in total. The van der Waals surface area contributed by atoms with E-state index in [-0.39, 0.29) is 5.91 Å². The molecule has 1 aliphatic carbocycles. The van der Waals surface area contributed by atoms with Crippen LogP contribution in [0.1, 0.15) is 57.8 Å². The highest BCUT2D eigenvalue weighted by Gasteiger charge is 2.52. The molecule has 1 amide bonds. The number of primary amides is 1. The van der Waals surface area contributed by atoms with Gasteiger partial charge in [-0.25, -0.2) is 0 Å². The van der Waals surface area contributed by atoms with Crippen molar-refractivity contribution in [2.24, 2.45) is 5.73 Å². The first-order chi connectivity index (χ1) is 9.22. The molecule has 1 saturated carbocycles. The van der Waals surface area contributed by atoms with Crippen LogP contribution < -0.4 is 11.1 Å². The molecule has 2 aliphatic heterocycles. The molecule has 0 spiro atoms. The molecule has 19 heavy (non-hydrogen) atoms. The summed E-state index contributed by atoms with van der Waals surface area (Å²) in [5.74, 6) is -0.118. The molecule has 0 aromatic carbocycles. The van der Waals surface area contributed by atoms with Gasteiger partial charge in [0.25, 0.3) is 0 Å². The molecular formula is C15H27N3O. The molecule has 2 saturated heterocycles. The number of amides is 1. The molecule has 2 atom stereocenters. The van der Waals surface area contributed by atoms with Gasteiger partial charge >= 0.3 is 0 Å². The number of piperidine rings is 1. The minimum Gasteiger partial charge on any atom is -0.368 e. The predicted molar refractivity (Wildman–Crippen MR) is 75.8 cm³/mol. The minimum atomic E-state index is -0.442. The van der Waals surface area contributed by atoms with Gasteiger partial charge in [0, 0.05) is 18.6 Å². The molecule has 3 aliphatic rings. The van der Waals surface area contributed by atoms with Crippen molar-refractivity contribution in [3.8, 4) is 0 Å². The predicted octanol–water partition coefficient (Wildman–Crippen LogP) is 1.39. The maximum atomic E-state index is 12.2. The lowest BCUT2D eigenvalue weighted by Gasteiger charge is -2.42. The molecule has 0 aromatic rings. The first kappa shape index (κ1) is 13.4. The fourth-order valence-corrected chi connectivity index (χ4v) is 4.44. The number of rotatable bonds is 3. The van der Waals surface area contributed by atoms with Gasteiger partial charge in [-0.15, -0.1) is 0 Å². The van der Waals surface area contributed by atoms with Crippen LogP contribution in [0.4, 0.5) is 0 Å². The largest absolute Gasteiger partial charge is 0.368 e. The van der Waals surface area contributed by atoms with E-state index >= 15 is 0 Å².